The van der Waals surface area contributed by atoms with Crippen LogP contribution in [0.25, 0.3) is 0 Å². The smallest absolute Gasteiger partial charge is 0.0424 e. The largest absolute Gasteiger partial charge is 0.398 e. The number of nitrogens with zero attached hydrogens (tertiary/aromatic N) is 1. The first kappa shape index (κ1) is 7.60. The molecule has 0 fully saturated rings. The van der Waals surface area contributed by atoms with Gasteiger partial charge in [0.15, 0.2) is 0 Å². The van der Waals surface area contributed by atoms with Gasteiger partial charge in [-0.05, 0) is 12.1 Å². The van der Waals surface area contributed by atoms with Gasteiger partial charge in [0.1, 0.15) is 0 Å². The number of hydrogen-bond donors (Lipinski definition) is 2. The second kappa shape index (κ2) is 3.05. The van der Waals surface area contributed by atoms with Gasteiger partial charge >= 0.3 is 0 Å². The molecule has 0 saturated carbocycles. The van der Waals surface area contributed by atoms with E-state index in [1.54, 1.807) is 25.4 Å². The Morgan fingerprint density at radius 3 is 2.27 bits per heavy atom. The molecule has 3 nitrogen and oxygen atoms in total. The van der Waals surface area contributed by atoms with Crippen molar-refractivity contribution in [1.82, 2.24) is 0 Å². The summed E-state index contributed by atoms with van der Waals surface area (Å²) in [5.41, 5.74) is 13.4. The first-order valence-corrected chi connectivity index (χ1v) is 3.32. The monoisotopic (exact) mass is 149 g/mol. The molecule has 0 heterocycles. The van der Waals surface area contributed by atoms with Crippen molar-refractivity contribution in [3.05, 3.63) is 23.8 Å². The molecule has 1 aromatic carbocycles. The van der Waals surface area contributed by atoms with Gasteiger partial charge in [0.05, 0.1) is 0 Å². The highest BCUT2D eigenvalue weighted by Crippen LogP contribution is 2.15. The van der Waals surface area contributed by atoms with Crippen LogP contribution in [0.2, 0.25) is 0 Å². The fourth-order valence-corrected chi connectivity index (χ4v) is 0.880. The highest BCUT2D eigenvalue weighted by atomic mass is 14.7. The van der Waals surface area contributed by atoms with Crippen molar-refractivity contribution in [2.75, 3.05) is 18.5 Å². The highest BCUT2D eigenvalue weighted by molar-refractivity contribution is 5.93. The molecule has 58 valence electrons. The van der Waals surface area contributed by atoms with E-state index in [1.807, 2.05) is 6.07 Å². The molecular weight excluding hydrogens is 138 g/mol. The third-order valence-electron chi connectivity index (χ3n) is 1.43. The van der Waals surface area contributed by atoms with Crippen molar-refractivity contribution in [2.45, 2.75) is 0 Å². The third-order valence-corrected chi connectivity index (χ3v) is 1.43. The number of hydrogen-bond acceptors (Lipinski definition) is 3. The maximum absolute atomic E-state index is 5.64. The Bertz CT molecular complexity index is 258. The summed E-state index contributed by atoms with van der Waals surface area (Å²) in [7, 11) is 1.69. The molecule has 11 heavy (non-hydrogen) atoms. The Kier molecular flexibility index (Phi) is 2.11. The van der Waals surface area contributed by atoms with Crippen molar-refractivity contribution in [1.29, 1.82) is 0 Å². The van der Waals surface area contributed by atoms with Crippen LogP contribution >= 0.6 is 0 Å². The Morgan fingerprint density at radius 2 is 1.82 bits per heavy atom. The molecule has 0 atom stereocenters. The van der Waals surface area contributed by atoms with Crippen molar-refractivity contribution in [2.24, 2.45) is 4.99 Å². The van der Waals surface area contributed by atoms with Gasteiger partial charge in [0, 0.05) is 30.2 Å². The Hall–Kier alpha value is -1.51. The summed E-state index contributed by atoms with van der Waals surface area (Å²) < 4.78 is 0. The molecule has 0 aliphatic carbocycles. The standard InChI is InChI=1S/C8H11N3/c1-11-5-6-7(9)3-2-4-8(6)10/h2-5H,9-10H2,1H3. The molecule has 0 aliphatic heterocycles. The van der Waals surface area contributed by atoms with Crippen LogP contribution in [0, 0.1) is 0 Å². The summed E-state index contributed by atoms with van der Waals surface area (Å²) in [6, 6.07) is 5.42. The first-order chi connectivity index (χ1) is 5.25. The van der Waals surface area contributed by atoms with E-state index in [4.69, 9.17) is 11.5 Å². The lowest BCUT2D eigenvalue weighted by molar-refractivity contribution is 1.46. The third kappa shape index (κ3) is 1.49. The molecule has 0 amide bonds. The number of anilines is 2. The predicted octanol–water partition coefficient (Wildman–Crippen LogP) is 0.900. The number of nitrogen functional groups attached to an aromatic ring is 2. The molecule has 1 aromatic rings. The predicted molar refractivity (Wildman–Crippen MR) is 48.8 cm³/mol. The maximum atomic E-state index is 5.64. The molecule has 0 radical (unpaired) electrons. The average Bonchev–Trinajstić information content (AvgIpc) is 1.97. The lowest BCUT2D eigenvalue weighted by atomic mass is 10.1. The molecule has 0 unspecified atom stereocenters. The zero-order valence-electron chi connectivity index (χ0n) is 6.41. The summed E-state index contributed by atoms with van der Waals surface area (Å²) in [6.45, 7) is 0. The van der Waals surface area contributed by atoms with Crippen molar-refractivity contribution >= 4 is 17.6 Å². The van der Waals surface area contributed by atoms with Gasteiger partial charge in [-0.3, -0.25) is 4.99 Å². The van der Waals surface area contributed by atoms with Crippen LogP contribution in [0.3, 0.4) is 0 Å². The van der Waals surface area contributed by atoms with Crippen molar-refractivity contribution < 1.29 is 0 Å². The normalized spacial score (nSPS) is 10.6. The second-order valence-electron chi connectivity index (χ2n) is 2.24. The first-order valence-electron chi connectivity index (χ1n) is 3.32. The Morgan fingerprint density at radius 1 is 1.27 bits per heavy atom. The van der Waals surface area contributed by atoms with Crippen LogP contribution in [0.5, 0.6) is 0 Å². The summed E-state index contributed by atoms with van der Waals surface area (Å²) in [4.78, 5) is 3.84. The van der Waals surface area contributed by atoms with Gasteiger partial charge in [0.2, 0.25) is 0 Å². The van der Waals surface area contributed by atoms with E-state index in [0.717, 1.165) is 5.56 Å². The van der Waals surface area contributed by atoms with E-state index < -0.39 is 0 Å². The fraction of sp³-hybridized carbons (Fsp3) is 0.125. The minimum atomic E-state index is 0.663. The minimum Gasteiger partial charge on any atom is -0.398 e. The van der Waals surface area contributed by atoms with Gasteiger partial charge in [-0.1, -0.05) is 6.07 Å². The molecule has 0 spiro atoms. The Balaban J connectivity index is 3.20. The molecule has 4 N–H and O–H groups in total. The van der Waals surface area contributed by atoms with Gasteiger partial charge in [0.25, 0.3) is 0 Å². The van der Waals surface area contributed by atoms with Crippen LogP contribution in [0.4, 0.5) is 11.4 Å². The molecular formula is C8H11N3. The van der Waals surface area contributed by atoms with E-state index in [-0.39, 0.29) is 0 Å². The molecule has 3 heteroatoms. The SMILES string of the molecule is CN=Cc1c(N)cccc1N. The van der Waals surface area contributed by atoms with E-state index in [1.165, 1.54) is 0 Å². The topological polar surface area (TPSA) is 64.4 Å². The zero-order valence-corrected chi connectivity index (χ0v) is 6.41. The summed E-state index contributed by atoms with van der Waals surface area (Å²) in [5.74, 6) is 0. The van der Waals surface area contributed by atoms with Gasteiger partial charge in [-0.15, -0.1) is 0 Å². The zero-order chi connectivity index (χ0) is 8.27. The fourth-order valence-electron chi connectivity index (χ4n) is 0.880. The quantitative estimate of drug-likeness (QED) is 0.460. The van der Waals surface area contributed by atoms with Crippen LogP contribution < -0.4 is 11.5 Å². The van der Waals surface area contributed by atoms with Crippen molar-refractivity contribution in [3.8, 4) is 0 Å². The van der Waals surface area contributed by atoms with Gasteiger partial charge < -0.3 is 11.5 Å². The second-order valence-corrected chi connectivity index (χ2v) is 2.24. The summed E-state index contributed by atoms with van der Waals surface area (Å²) >= 11 is 0. The number of nitrogens with two attached hydrogens (primary N) is 2. The van der Waals surface area contributed by atoms with Crippen LogP contribution in [0.15, 0.2) is 23.2 Å². The van der Waals surface area contributed by atoms with Crippen LogP contribution in [-0.4, -0.2) is 13.3 Å². The lowest BCUT2D eigenvalue weighted by Gasteiger charge is -2.01. The molecule has 0 aromatic heterocycles. The molecule has 0 saturated heterocycles. The maximum Gasteiger partial charge on any atom is 0.0424 e. The summed E-state index contributed by atoms with van der Waals surface area (Å²) in [6.07, 6.45) is 1.66. The lowest BCUT2D eigenvalue weighted by Crippen LogP contribution is -1.98. The molecule has 0 aliphatic rings. The molecule has 0 bridgehead atoms. The van der Waals surface area contributed by atoms with Crippen LogP contribution in [-0.2, 0) is 0 Å². The van der Waals surface area contributed by atoms with Gasteiger partial charge in [-0.25, -0.2) is 0 Å². The number of aliphatic imine (C=N–C) groups is 1. The van der Waals surface area contributed by atoms with Crippen LogP contribution in [0.1, 0.15) is 5.56 Å². The van der Waals surface area contributed by atoms with E-state index >= 15 is 0 Å². The van der Waals surface area contributed by atoms with Gasteiger partial charge in [-0.2, -0.15) is 0 Å². The number of rotatable bonds is 1. The highest BCUT2D eigenvalue weighted by Gasteiger charge is 1.97. The molecule has 1 rings (SSSR count). The average molecular weight is 149 g/mol. The Labute approximate surface area is 65.7 Å². The minimum absolute atomic E-state index is 0.663. The van der Waals surface area contributed by atoms with E-state index in [2.05, 4.69) is 4.99 Å². The summed E-state index contributed by atoms with van der Waals surface area (Å²) in [5, 5.41) is 0. The van der Waals surface area contributed by atoms with E-state index in [9.17, 15) is 0 Å². The van der Waals surface area contributed by atoms with E-state index in [0.29, 0.717) is 11.4 Å². The van der Waals surface area contributed by atoms with Crippen molar-refractivity contribution in [3.63, 3.8) is 0 Å². The number of benzene rings is 1.